The zero-order valence-corrected chi connectivity index (χ0v) is 8.50. The zero-order valence-electron chi connectivity index (χ0n) is 8.50. The van der Waals surface area contributed by atoms with Crippen LogP contribution < -0.4 is 10.5 Å². The SMILES string of the molecule is CCOc1ccc([C@H](C)N)c(C)c1. The first-order chi connectivity index (χ1) is 6.15. The van der Waals surface area contributed by atoms with Gasteiger partial charge < -0.3 is 10.5 Å². The smallest absolute Gasteiger partial charge is 0.119 e. The molecule has 0 heterocycles. The maximum Gasteiger partial charge on any atom is 0.119 e. The summed E-state index contributed by atoms with van der Waals surface area (Å²) < 4.78 is 5.38. The van der Waals surface area contributed by atoms with Crippen molar-refractivity contribution in [3.05, 3.63) is 29.3 Å². The Hall–Kier alpha value is -1.02. The van der Waals surface area contributed by atoms with Gasteiger partial charge in [0, 0.05) is 6.04 Å². The van der Waals surface area contributed by atoms with Crippen LogP contribution in [0.25, 0.3) is 0 Å². The Morgan fingerprint density at radius 3 is 2.62 bits per heavy atom. The molecule has 0 saturated heterocycles. The molecule has 0 aliphatic carbocycles. The first-order valence-electron chi connectivity index (χ1n) is 4.64. The molecule has 0 aromatic heterocycles. The fourth-order valence-electron chi connectivity index (χ4n) is 1.42. The van der Waals surface area contributed by atoms with Crippen LogP contribution in [-0.4, -0.2) is 6.61 Å². The van der Waals surface area contributed by atoms with Gasteiger partial charge in [-0.3, -0.25) is 0 Å². The minimum Gasteiger partial charge on any atom is -0.494 e. The third-order valence-electron chi connectivity index (χ3n) is 2.04. The van der Waals surface area contributed by atoms with E-state index in [1.807, 2.05) is 32.0 Å². The molecule has 2 heteroatoms. The number of aryl methyl sites for hydroxylation is 1. The number of hydrogen-bond donors (Lipinski definition) is 1. The highest BCUT2D eigenvalue weighted by molar-refractivity contribution is 5.36. The van der Waals surface area contributed by atoms with Gasteiger partial charge in [-0.25, -0.2) is 0 Å². The van der Waals surface area contributed by atoms with E-state index in [-0.39, 0.29) is 6.04 Å². The van der Waals surface area contributed by atoms with Gasteiger partial charge in [-0.05, 0) is 44.0 Å². The summed E-state index contributed by atoms with van der Waals surface area (Å²) in [5.41, 5.74) is 8.18. The maximum atomic E-state index is 5.80. The lowest BCUT2D eigenvalue weighted by Gasteiger charge is -2.11. The van der Waals surface area contributed by atoms with Gasteiger partial charge in [-0.2, -0.15) is 0 Å². The normalized spacial score (nSPS) is 12.6. The topological polar surface area (TPSA) is 35.2 Å². The molecule has 1 aromatic carbocycles. The fourth-order valence-corrected chi connectivity index (χ4v) is 1.42. The van der Waals surface area contributed by atoms with Crippen LogP contribution in [0.2, 0.25) is 0 Å². The van der Waals surface area contributed by atoms with Crippen LogP contribution in [-0.2, 0) is 0 Å². The molecule has 1 aromatic rings. The van der Waals surface area contributed by atoms with Crippen LogP contribution in [0.15, 0.2) is 18.2 Å². The Bertz CT molecular complexity index is 281. The van der Waals surface area contributed by atoms with Crippen molar-refractivity contribution in [2.75, 3.05) is 6.61 Å². The van der Waals surface area contributed by atoms with Gasteiger partial charge in [0.05, 0.1) is 6.61 Å². The Kier molecular flexibility index (Phi) is 3.32. The molecule has 0 fully saturated rings. The summed E-state index contributed by atoms with van der Waals surface area (Å²) in [4.78, 5) is 0. The Balaban J connectivity index is 2.92. The average molecular weight is 179 g/mol. The largest absolute Gasteiger partial charge is 0.494 e. The van der Waals surface area contributed by atoms with Crippen molar-refractivity contribution in [1.29, 1.82) is 0 Å². The molecular weight excluding hydrogens is 162 g/mol. The molecule has 0 spiro atoms. The summed E-state index contributed by atoms with van der Waals surface area (Å²) in [6.45, 7) is 6.73. The van der Waals surface area contributed by atoms with Crippen LogP contribution in [0.1, 0.15) is 31.0 Å². The summed E-state index contributed by atoms with van der Waals surface area (Å²) >= 11 is 0. The Labute approximate surface area is 79.7 Å². The molecule has 0 unspecified atom stereocenters. The average Bonchev–Trinajstić information content (AvgIpc) is 2.04. The van der Waals surface area contributed by atoms with Gasteiger partial charge in [-0.15, -0.1) is 0 Å². The van der Waals surface area contributed by atoms with E-state index in [1.54, 1.807) is 0 Å². The van der Waals surface area contributed by atoms with Crippen LogP contribution in [0, 0.1) is 6.92 Å². The van der Waals surface area contributed by atoms with Gasteiger partial charge in [0.2, 0.25) is 0 Å². The van der Waals surface area contributed by atoms with Gasteiger partial charge in [0.25, 0.3) is 0 Å². The number of hydrogen-bond acceptors (Lipinski definition) is 2. The van der Waals surface area contributed by atoms with Crippen molar-refractivity contribution in [2.24, 2.45) is 5.73 Å². The summed E-state index contributed by atoms with van der Waals surface area (Å²) in [7, 11) is 0. The van der Waals surface area contributed by atoms with Crippen molar-refractivity contribution < 1.29 is 4.74 Å². The third kappa shape index (κ3) is 2.46. The molecule has 0 aliphatic heterocycles. The summed E-state index contributed by atoms with van der Waals surface area (Å²) in [5, 5.41) is 0. The summed E-state index contributed by atoms with van der Waals surface area (Å²) in [6, 6.07) is 6.12. The lowest BCUT2D eigenvalue weighted by molar-refractivity contribution is 0.340. The van der Waals surface area contributed by atoms with Gasteiger partial charge in [-0.1, -0.05) is 6.07 Å². The first kappa shape index (κ1) is 10.1. The van der Waals surface area contributed by atoms with E-state index < -0.39 is 0 Å². The van der Waals surface area contributed by atoms with E-state index in [2.05, 4.69) is 6.92 Å². The molecule has 1 rings (SSSR count). The van der Waals surface area contributed by atoms with E-state index in [1.165, 1.54) is 11.1 Å². The second-order valence-corrected chi connectivity index (χ2v) is 3.24. The fraction of sp³-hybridized carbons (Fsp3) is 0.455. The van der Waals surface area contributed by atoms with E-state index in [0.29, 0.717) is 6.61 Å². The molecule has 0 bridgehead atoms. The van der Waals surface area contributed by atoms with Gasteiger partial charge >= 0.3 is 0 Å². The first-order valence-corrected chi connectivity index (χ1v) is 4.64. The third-order valence-corrected chi connectivity index (χ3v) is 2.04. The molecule has 0 amide bonds. The van der Waals surface area contributed by atoms with Crippen LogP contribution in [0.4, 0.5) is 0 Å². The Morgan fingerprint density at radius 1 is 1.46 bits per heavy atom. The lowest BCUT2D eigenvalue weighted by Crippen LogP contribution is -2.06. The highest BCUT2D eigenvalue weighted by atomic mass is 16.5. The molecule has 0 saturated carbocycles. The molecule has 72 valence electrons. The lowest BCUT2D eigenvalue weighted by atomic mass is 10.0. The summed E-state index contributed by atoms with van der Waals surface area (Å²) in [6.07, 6.45) is 0. The van der Waals surface area contributed by atoms with Gasteiger partial charge in [0.15, 0.2) is 0 Å². The van der Waals surface area contributed by atoms with Gasteiger partial charge in [0.1, 0.15) is 5.75 Å². The van der Waals surface area contributed by atoms with E-state index in [4.69, 9.17) is 10.5 Å². The van der Waals surface area contributed by atoms with Crippen LogP contribution >= 0.6 is 0 Å². The van der Waals surface area contributed by atoms with Crippen LogP contribution in [0.5, 0.6) is 5.75 Å². The Morgan fingerprint density at radius 2 is 2.15 bits per heavy atom. The van der Waals surface area contributed by atoms with Crippen molar-refractivity contribution in [3.63, 3.8) is 0 Å². The molecular formula is C11H17NO. The number of rotatable bonds is 3. The molecule has 13 heavy (non-hydrogen) atoms. The van der Waals surface area contributed by atoms with Crippen molar-refractivity contribution in [2.45, 2.75) is 26.8 Å². The zero-order chi connectivity index (χ0) is 9.84. The molecule has 1 atom stereocenters. The number of ether oxygens (including phenoxy) is 1. The van der Waals surface area contributed by atoms with Crippen molar-refractivity contribution in [3.8, 4) is 5.75 Å². The van der Waals surface area contributed by atoms with E-state index in [0.717, 1.165) is 5.75 Å². The summed E-state index contributed by atoms with van der Waals surface area (Å²) in [5.74, 6) is 0.921. The predicted octanol–water partition coefficient (Wildman–Crippen LogP) is 2.41. The molecule has 0 aliphatic rings. The molecule has 0 radical (unpaired) electrons. The second kappa shape index (κ2) is 4.28. The van der Waals surface area contributed by atoms with Crippen molar-refractivity contribution >= 4 is 0 Å². The number of nitrogens with two attached hydrogens (primary N) is 1. The molecule has 2 nitrogen and oxygen atoms in total. The maximum absolute atomic E-state index is 5.80. The minimum absolute atomic E-state index is 0.0932. The van der Waals surface area contributed by atoms with Crippen molar-refractivity contribution in [1.82, 2.24) is 0 Å². The second-order valence-electron chi connectivity index (χ2n) is 3.24. The van der Waals surface area contributed by atoms with Crippen LogP contribution in [0.3, 0.4) is 0 Å². The quantitative estimate of drug-likeness (QED) is 0.773. The van der Waals surface area contributed by atoms with E-state index >= 15 is 0 Å². The standard InChI is InChI=1S/C11H17NO/c1-4-13-10-5-6-11(9(3)12)8(2)7-10/h5-7,9H,4,12H2,1-3H3/t9-/m0/s1. The predicted molar refractivity (Wildman–Crippen MR) is 55.0 cm³/mol. The van der Waals surface area contributed by atoms with E-state index in [9.17, 15) is 0 Å². The monoisotopic (exact) mass is 179 g/mol. The highest BCUT2D eigenvalue weighted by Crippen LogP contribution is 2.20. The highest BCUT2D eigenvalue weighted by Gasteiger charge is 2.03. The minimum atomic E-state index is 0.0932. The molecule has 2 N–H and O–H groups in total. The number of benzene rings is 1.